The van der Waals surface area contributed by atoms with Crippen molar-refractivity contribution in [3.8, 4) is 0 Å². The topological polar surface area (TPSA) is 119 Å². The number of rotatable bonds is 4. The van der Waals surface area contributed by atoms with Gasteiger partial charge in [0.05, 0.1) is 6.42 Å². The maximum absolute atomic E-state index is 12.8. The summed E-state index contributed by atoms with van der Waals surface area (Å²) in [5.41, 5.74) is -0.0457. The third kappa shape index (κ3) is 3.59. The maximum Gasteiger partial charge on any atom is 0.312 e. The quantitative estimate of drug-likeness (QED) is 0.604. The largest absolute Gasteiger partial charge is 0.455 e. The monoisotopic (exact) mass is 399 g/mol. The minimum Gasteiger partial charge on any atom is -0.455 e. The summed E-state index contributed by atoms with van der Waals surface area (Å²) in [5, 5.41) is 6.91. The summed E-state index contributed by atoms with van der Waals surface area (Å²) >= 11 is 0. The molecule has 1 spiro atoms. The van der Waals surface area contributed by atoms with E-state index in [0.717, 1.165) is 19.3 Å². The van der Waals surface area contributed by atoms with Crippen LogP contribution in [0.3, 0.4) is 0 Å². The predicted molar refractivity (Wildman–Crippen MR) is 99.4 cm³/mol. The average Bonchev–Trinajstić information content (AvgIpc) is 3.13. The number of aromatic nitrogens is 1. The SMILES string of the molecule is O=C1CN(C(=O)COC(=O)Cc2noc3ccccc23)C2(CCCCC2)C(=O)N1. The number of benzene rings is 1. The van der Waals surface area contributed by atoms with E-state index in [4.69, 9.17) is 9.26 Å². The molecule has 9 heteroatoms. The van der Waals surface area contributed by atoms with Crippen molar-refractivity contribution in [1.29, 1.82) is 0 Å². The first kappa shape index (κ1) is 19.1. The minimum absolute atomic E-state index is 0.144. The second kappa shape index (κ2) is 7.65. The van der Waals surface area contributed by atoms with Gasteiger partial charge in [-0.1, -0.05) is 36.6 Å². The van der Waals surface area contributed by atoms with Crippen LogP contribution in [0.15, 0.2) is 28.8 Å². The Hall–Kier alpha value is -3.23. The van der Waals surface area contributed by atoms with Crippen LogP contribution in [-0.2, 0) is 30.3 Å². The average molecular weight is 399 g/mol. The highest BCUT2D eigenvalue weighted by Gasteiger charge is 2.51. The molecule has 0 unspecified atom stereocenters. The summed E-state index contributed by atoms with van der Waals surface area (Å²) in [4.78, 5) is 50.6. The fourth-order valence-corrected chi connectivity index (χ4v) is 4.13. The Morgan fingerprint density at radius 3 is 2.72 bits per heavy atom. The molecule has 1 aromatic heterocycles. The first-order chi connectivity index (χ1) is 14.0. The number of ether oxygens (including phenoxy) is 1. The number of para-hydroxylation sites is 1. The molecule has 0 atom stereocenters. The van der Waals surface area contributed by atoms with E-state index in [1.807, 2.05) is 0 Å². The number of carbonyl (C=O) groups is 4. The molecular formula is C20H21N3O6. The number of piperazine rings is 1. The third-order valence-electron chi connectivity index (χ3n) is 5.60. The fraction of sp³-hybridized carbons (Fsp3) is 0.450. The summed E-state index contributed by atoms with van der Waals surface area (Å²) in [6.45, 7) is -0.743. The lowest BCUT2D eigenvalue weighted by Gasteiger charge is -2.47. The van der Waals surface area contributed by atoms with E-state index < -0.39 is 35.8 Å². The Morgan fingerprint density at radius 2 is 1.93 bits per heavy atom. The first-order valence-electron chi connectivity index (χ1n) is 9.63. The van der Waals surface area contributed by atoms with Crippen LogP contribution in [0.25, 0.3) is 11.0 Å². The molecule has 0 radical (unpaired) electrons. The zero-order valence-corrected chi connectivity index (χ0v) is 15.8. The highest BCUT2D eigenvalue weighted by atomic mass is 16.5. The standard InChI is InChI=1S/C20H21N3O6/c24-16-11-23(20(19(27)21-16)8-4-1-5-9-20)17(25)12-28-18(26)10-14-13-6-2-3-7-15(13)29-22-14/h2-3,6-7H,1,4-5,8-12H2,(H,21,24,27). The molecule has 29 heavy (non-hydrogen) atoms. The Balaban J connectivity index is 1.42. The van der Waals surface area contributed by atoms with Crippen LogP contribution in [0, 0.1) is 0 Å². The Bertz CT molecular complexity index is 976. The van der Waals surface area contributed by atoms with Gasteiger partial charge >= 0.3 is 5.97 Å². The molecule has 2 fully saturated rings. The molecule has 1 N–H and O–H groups in total. The van der Waals surface area contributed by atoms with Crippen molar-refractivity contribution in [1.82, 2.24) is 15.4 Å². The van der Waals surface area contributed by atoms with Crippen LogP contribution in [0.5, 0.6) is 0 Å². The van der Waals surface area contributed by atoms with Crippen LogP contribution in [-0.4, -0.2) is 52.4 Å². The molecular weight excluding hydrogens is 378 g/mol. The number of carbonyl (C=O) groups excluding carboxylic acids is 4. The second-order valence-electron chi connectivity index (χ2n) is 7.41. The van der Waals surface area contributed by atoms with Gasteiger partial charge in [0.15, 0.2) is 12.2 Å². The Kier molecular flexibility index (Phi) is 5.04. The van der Waals surface area contributed by atoms with E-state index >= 15 is 0 Å². The maximum atomic E-state index is 12.8. The fourth-order valence-electron chi connectivity index (χ4n) is 4.13. The van der Waals surface area contributed by atoms with Gasteiger partial charge in [0.25, 0.3) is 11.8 Å². The summed E-state index contributed by atoms with van der Waals surface area (Å²) in [6.07, 6.45) is 3.42. The lowest BCUT2D eigenvalue weighted by Crippen LogP contribution is -2.69. The lowest BCUT2D eigenvalue weighted by atomic mass is 9.78. The van der Waals surface area contributed by atoms with Crippen molar-refractivity contribution >= 4 is 34.7 Å². The van der Waals surface area contributed by atoms with E-state index in [9.17, 15) is 19.2 Å². The summed E-state index contributed by atoms with van der Waals surface area (Å²) in [5.74, 6) is -2.15. The molecule has 3 amide bonds. The number of hydrogen-bond acceptors (Lipinski definition) is 7. The van der Waals surface area contributed by atoms with Crippen LogP contribution in [0.1, 0.15) is 37.8 Å². The summed E-state index contributed by atoms with van der Waals surface area (Å²) in [6, 6.07) is 7.12. The van der Waals surface area contributed by atoms with Crippen molar-refractivity contribution in [3.63, 3.8) is 0 Å². The van der Waals surface area contributed by atoms with Gasteiger partial charge < -0.3 is 14.2 Å². The van der Waals surface area contributed by atoms with Gasteiger partial charge in [0, 0.05) is 5.39 Å². The number of esters is 1. The normalized spacial score (nSPS) is 18.7. The van der Waals surface area contributed by atoms with Gasteiger partial charge in [0.2, 0.25) is 5.91 Å². The Morgan fingerprint density at radius 1 is 1.17 bits per heavy atom. The highest BCUT2D eigenvalue weighted by Crippen LogP contribution is 2.35. The third-order valence-corrected chi connectivity index (χ3v) is 5.60. The molecule has 0 bridgehead atoms. The number of fused-ring (bicyclic) bond motifs is 1. The molecule has 1 aliphatic heterocycles. The van der Waals surface area contributed by atoms with Gasteiger partial charge in [-0.3, -0.25) is 24.5 Å². The molecule has 1 aliphatic carbocycles. The minimum atomic E-state index is -1.03. The molecule has 152 valence electrons. The van der Waals surface area contributed by atoms with Crippen molar-refractivity contribution in [2.24, 2.45) is 0 Å². The Labute approximate surface area is 166 Å². The molecule has 2 aromatic rings. The van der Waals surface area contributed by atoms with E-state index in [1.165, 1.54) is 4.90 Å². The smallest absolute Gasteiger partial charge is 0.312 e. The molecule has 1 saturated heterocycles. The van der Waals surface area contributed by atoms with E-state index in [2.05, 4.69) is 10.5 Å². The number of imide groups is 1. The van der Waals surface area contributed by atoms with Crippen LogP contribution >= 0.6 is 0 Å². The molecule has 2 aliphatic rings. The van der Waals surface area contributed by atoms with Gasteiger partial charge in [-0.15, -0.1) is 0 Å². The molecule has 2 heterocycles. The van der Waals surface area contributed by atoms with Crippen LogP contribution < -0.4 is 5.32 Å². The number of nitrogens with zero attached hydrogens (tertiary/aromatic N) is 2. The van der Waals surface area contributed by atoms with Gasteiger partial charge in [0.1, 0.15) is 17.8 Å². The number of nitrogens with one attached hydrogen (secondary N) is 1. The van der Waals surface area contributed by atoms with Crippen molar-refractivity contribution in [2.75, 3.05) is 13.2 Å². The van der Waals surface area contributed by atoms with E-state index in [-0.39, 0.29) is 13.0 Å². The molecule has 4 rings (SSSR count). The summed E-state index contributed by atoms with van der Waals surface area (Å²) < 4.78 is 10.3. The van der Waals surface area contributed by atoms with Crippen LogP contribution in [0.2, 0.25) is 0 Å². The number of amides is 3. The first-order valence-corrected chi connectivity index (χ1v) is 9.63. The van der Waals surface area contributed by atoms with Gasteiger partial charge in [-0.2, -0.15) is 0 Å². The highest BCUT2D eigenvalue weighted by molar-refractivity contribution is 6.06. The van der Waals surface area contributed by atoms with Crippen molar-refractivity contribution in [2.45, 2.75) is 44.1 Å². The van der Waals surface area contributed by atoms with E-state index in [1.54, 1.807) is 24.3 Å². The zero-order valence-electron chi connectivity index (χ0n) is 15.8. The zero-order chi connectivity index (χ0) is 20.4. The summed E-state index contributed by atoms with van der Waals surface area (Å²) in [7, 11) is 0. The van der Waals surface area contributed by atoms with Crippen LogP contribution in [0.4, 0.5) is 0 Å². The second-order valence-corrected chi connectivity index (χ2v) is 7.41. The molecule has 1 saturated carbocycles. The predicted octanol–water partition coefficient (Wildman–Crippen LogP) is 1.10. The van der Waals surface area contributed by atoms with E-state index in [0.29, 0.717) is 29.5 Å². The van der Waals surface area contributed by atoms with Gasteiger partial charge in [-0.25, -0.2) is 0 Å². The molecule has 1 aromatic carbocycles. The lowest BCUT2D eigenvalue weighted by molar-refractivity contribution is -0.164. The van der Waals surface area contributed by atoms with Crippen molar-refractivity contribution in [3.05, 3.63) is 30.0 Å². The van der Waals surface area contributed by atoms with Crippen molar-refractivity contribution < 1.29 is 28.4 Å². The number of hydrogen-bond donors (Lipinski definition) is 1. The molecule has 9 nitrogen and oxygen atoms in total. The van der Waals surface area contributed by atoms with Gasteiger partial charge in [-0.05, 0) is 25.0 Å².